The van der Waals surface area contributed by atoms with Crippen LogP contribution in [0.4, 0.5) is 0 Å². The fraction of sp³-hybridized carbons (Fsp3) is 0.500. The quantitative estimate of drug-likeness (QED) is 0.314. The smallest absolute Gasteiger partial charge is 0.140 e. The summed E-state index contributed by atoms with van der Waals surface area (Å²) in [4.78, 5) is 0. The van der Waals surface area contributed by atoms with E-state index in [-0.39, 0.29) is 17.9 Å². The van der Waals surface area contributed by atoms with Crippen molar-refractivity contribution in [1.29, 1.82) is 0 Å². The molecule has 1 rings (SSSR count). The van der Waals surface area contributed by atoms with E-state index in [2.05, 4.69) is 48.6 Å². The summed E-state index contributed by atoms with van der Waals surface area (Å²) in [6, 6.07) is 9.02. The summed E-state index contributed by atoms with van der Waals surface area (Å²) < 4.78 is 0. The zero-order valence-electron chi connectivity index (χ0n) is 11.4. The number of benzene rings is 1. The van der Waals surface area contributed by atoms with Crippen LogP contribution in [-0.2, 0) is 6.42 Å². The minimum atomic E-state index is 0.168. The third-order valence-corrected chi connectivity index (χ3v) is 3.07. The van der Waals surface area contributed by atoms with Gasteiger partial charge in [-0.25, -0.2) is 0 Å². The molecule has 4 N–H and O–H groups in total. The number of aryl methyl sites for hydroxylation is 1. The molecule has 2 unspecified atom stereocenters. The number of nitrogens with one attached hydrogen (secondary N) is 1. The molecular formula is C14H23N3O. The highest BCUT2D eigenvalue weighted by Gasteiger charge is 2.10. The van der Waals surface area contributed by atoms with Gasteiger partial charge in [-0.2, -0.15) is 0 Å². The van der Waals surface area contributed by atoms with E-state index < -0.39 is 0 Å². The first-order valence-corrected chi connectivity index (χ1v) is 6.38. The van der Waals surface area contributed by atoms with Gasteiger partial charge >= 0.3 is 0 Å². The van der Waals surface area contributed by atoms with Crippen LogP contribution in [-0.4, -0.2) is 17.1 Å². The summed E-state index contributed by atoms with van der Waals surface area (Å²) >= 11 is 0. The second-order valence-electron chi connectivity index (χ2n) is 4.68. The molecule has 0 aliphatic heterocycles. The first kappa shape index (κ1) is 14.5. The molecule has 0 saturated heterocycles. The van der Waals surface area contributed by atoms with Crippen LogP contribution in [0, 0.1) is 0 Å². The predicted molar refractivity (Wildman–Crippen MR) is 74.9 cm³/mol. The zero-order valence-corrected chi connectivity index (χ0v) is 11.4. The Balaban J connectivity index is 2.55. The highest BCUT2D eigenvalue weighted by atomic mass is 16.4. The number of nitrogens with two attached hydrogens (primary N) is 1. The molecule has 0 radical (unpaired) electrons. The monoisotopic (exact) mass is 249 g/mol. The number of nitrogens with zero attached hydrogens (tertiary/aromatic N) is 1. The zero-order chi connectivity index (χ0) is 13.5. The van der Waals surface area contributed by atoms with Gasteiger partial charge in [0.1, 0.15) is 5.84 Å². The minimum Gasteiger partial charge on any atom is -0.409 e. The van der Waals surface area contributed by atoms with E-state index in [0.717, 1.165) is 6.42 Å². The van der Waals surface area contributed by atoms with Gasteiger partial charge in [0.25, 0.3) is 0 Å². The van der Waals surface area contributed by atoms with Crippen LogP contribution in [0.15, 0.2) is 29.4 Å². The lowest BCUT2D eigenvalue weighted by Crippen LogP contribution is -2.33. The molecule has 0 aliphatic rings. The van der Waals surface area contributed by atoms with Crippen molar-refractivity contribution in [3.05, 3.63) is 35.4 Å². The highest BCUT2D eigenvalue weighted by Crippen LogP contribution is 2.14. The Kier molecular flexibility index (Phi) is 5.65. The lowest BCUT2D eigenvalue weighted by Gasteiger charge is -2.20. The SMILES string of the molecule is CCc1ccc(C(C)NC(C)CC(N)=NO)cc1. The van der Waals surface area contributed by atoms with Gasteiger partial charge < -0.3 is 16.3 Å². The van der Waals surface area contributed by atoms with E-state index in [1.807, 2.05) is 6.92 Å². The first-order valence-electron chi connectivity index (χ1n) is 6.38. The number of oxime groups is 1. The summed E-state index contributed by atoms with van der Waals surface area (Å²) in [6.07, 6.45) is 1.59. The Morgan fingerprint density at radius 1 is 1.33 bits per heavy atom. The summed E-state index contributed by atoms with van der Waals surface area (Å²) in [5.74, 6) is 0.253. The van der Waals surface area contributed by atoms with Crippen molar-refractivity contribution >= 4 is 5.84 Å². The van der Waals surface area contributed by atoms with Gasteiger partial charge in [0.05, 0.1) is 0 Å². The van der Waals surface area contributed by atoms with Gasteiger partial charge in [0.2, 0.25) is 0 Å². The third-order valence-electron chi connectivity index (χ3n) is 3.07. The van der Waals surface area contributed by atoms with Crippen LogP contribution in [0.1, 0.15) is 44.4 Å². The lowest BCUT2D eigenvalue weighted by atomic mass is 10.0. The Bertz CT molecular complexity index is 387. The van der Waals surface area contributed by atoms with Gasteiger partial charge in [-0.3, -0.25) is 0 Å². The molecule has 0 saturated carbocycles. The molecular weight excluding hydrogens is 226 g/mol. The lowest BCUT2D eigenvalue weighted by molar-refractivity contribution is 0.315. The molecule has 0 bridgehead atoms. The Morgan fingerprint density at radius 2 is 1.94 bits per heavy atom. The maximum absolute atomic E-state index is 8.53. The van der Waals surface area contributed by atoms with Crippen molar-refractivity contribution < 1.29 is 5.21 Å². The molecule has 0 amide bonds. The molecule has 0 spiro atoms. The average Bonchev–Trinajstić information content (AvgIpc) is 2.38. The summed E-state index contributed by atoms with van der Waals surface area (Å²) in [6.45, 7) is 6.29. The molecule has 1 aromatic carbocycles. The van der Waals surface area contributed by atoms with Gasteiger partial charge in [0, 0.05) is 18.5 Å². The highest BCUT2D eigenvalue weighted by molar-refractivity contribution is 5.80. The average molecular weight is 249 g/mol. The first-order chi connectivity index (χ1) is 8.56. The van der Waals surface area contributed by atoms with Crippen molar-refractivity contribution in [3.63, 3.8) is 0 Å². The van der Waals surface area contributed by atoms with Crippen molar-refractivity contribution in [1.82, 2.24) is 5.32 Å². The molecule has 100 valence electrons. The Labute approximate surface area is 109 Å². The van der Waals surface area contributed by atoms with Crippen molar-refractivity contribution in [2.75, 3.05) is 0 Å². The van der Waals surface area contributed by atoms with Crippen LogP contribution in [0.5, 0.6) is 0 Å². The molecule has 0 aromatic heterocycles. The fourth-order valence-electron chi connectivity index (χ4n) is 1.98. The van der Waals surface area contributed by atoms with E-state index in [1.165, 1.54) is 11.1 Å². The number of hydrogen-bond donors (Lipinski definition) is 3. The van der Waals surface area contributed by atoms with Gasteiger partial charge in [-0.15, -0.1) is 0 Å². The van der Waals surface area contributed by atoms with Gasteiger partial charge in [0.15, 0.2) is 0 Å². The van der Waals surface area contributed by atoms with Crippen LogP contribution in [0.2, 0.25) is 0 Å². The third kappa shape index (κ3) is 4.37. The second kappa shape index (κ2) is 7.01. The molecule has 18 heavy (non-hydrogen) atoms. The molecule has 4 heteroatoms. The maximum Gasteiger partial charge on any atom is 0.140 e. The molecule has 0 heterocycles. The van der Waals surface area contributed by atoms with E-state index in [1.54, 1.807) is 0 Å². The maximum atomic E-state index is 8.53. The molecule has 0 fully saturated rings. The summed E-state index contributed by atoms with van der Waals surface area (Å²) in [5, 5.41) is 14.9. The molecule has 2 atom stereocenters. The summed E-state index contributed by atoms with van der Waals surface area (Å²) in [5.41, 5.74) is 8.08. The van der Waals surface area contributed by atoms with Crippen LogP contribution < -0.4 is 11.1 Å². The standard InChI is InChI=1S/C14H23N3O/c1-4-12-5-7-13(8-6-12)11(3)16-10(2)9-14(15)17-18/h5-8,10-11,16,18H,4,9H2,1-3H3,(H2,15,17). The van der Waals surface area contributed by atoms with E-state index in [4.69, 9.17) is 10.9 Å². The predicted octanol–water partition coefficient (Wildman–Crippen LogP) is 2.42. The fourth-order valence-corrected chi connectivity index (χ4v) is 1.98. The Morgan fingerprint density at radius 3 is 2.44 bits per heavy atom. The minimum absolute atomic E-state index is 0.168. The number of hydrogen-bond acceptors (Lipinski definition) is 3. The molecule has 4 nitrogen and oxygen atoms in total. The largest absolute Gasteiger partial charge is 0.409 e. The normalized spacial score (nSPS) is 15.4. The van der Waals surface area contributed by atoms with E-state index in [9.17, 15) is 0 Å². The van der Waals surface area contributed by atoms with Crippen LogP contribution in [0.25, 0.3) is 0 Å². The number of rotatable bonds is 6. The van der Waals surface area contributed by atoms with Gasteiger partial charge in [-0.1, -0.05) is 36.3 Å². The van der Waals surface area contributed by atoms with Crippen LogP contribution >= 0.6 is 0 Å². The Hall–Kier alpha value is -1.55. The number of amidine groups is 1. The molecule has 0 aliphatic carbocycles. The van der Waals surface area contributed by atoms with E-state index in [0.29, 0.717) is 6.42 Å². The topological polar surface area (TPSA) is 70.6 Å². The summed E-state index contributed by atoms with van der Waals surface area (Å²) in [7, 11) is 0. The van der Waals surface area contributed by atoms with Gasteiger partial charge in [-0.05, 0) is 31.4 Å². The van der Waals surface area contributed by atoms with Crippen LogP contribution in [0.3, 0.4) is 0 Å². The van der Waals surface area contributed by atoms with Crippen molar-refractivity contribution in [2.24, 2.45) is 10.9 Å². The van der Waals surface area contributed by atoms with Crippen molar-refractivity contribution in [2.45, 2.75) is 45.7 Å². The van der Waals surface area contributed by atoms with E-state index >= 15 is 0 Å². The van der Waals surface area contributed by atoms with Crippen molar-refractivity contribution in [3.8, 4) is 0 Å². The molecule has 1 aromatic rings. The second-order valence-corrected chi connectivity index (χ2v) is 4.68.